The number of nitrogens with zero attached hydrogens (tertiary/aromatic N) is 2. The molecule has 0 aliphatic rings. The van der Waals surface area contributed by atoms with Crippen LogP contribution in [0.1, 0.15) is 12.0 Å². The van der Waals surface area contributed by atoms with Crippen molar-refractivity contribution in [3.63, 3.8) is 0 Å². The monoisotopic (exact) mass is 294 g/mol. The van der Waals surface area contributed by atoms with E-state index in [1.165, 1.54) is 11.3 Å². The molecule has 0 saturated carbocycles. The van der Waals surface area contributed by atoms with Gasteiger partial charge in [-0.15, -0.1) is 0 Å². The molecule has 0 aliphatic heterocycles. The van der Waals surface area contributed by atoms with Crippen LogP contribution in [0.5, 0.6) is 0 Å². The number of rotatable bonds is 7. The average Bonchev–Trinajstić information content (AvgIpc) is 2.41. The lowest BCUT2D eigenvalue weighted by molar-refractivity contribution is 0.400. The van der Waals surface area contributed by atoms with Crippen molar-refractivity contribution in [2.45, 2.75) is 13.0 Å². The van der Waals surface area contributed by atoms with E-state index in [4.69, 9.17) is 12.2 Å². The fourth-order valence-corrected chi connectivity index (χ4v) is 1.93. The van der Waals surface area contributed by atoms with Crippen molar-refractivity contribution in [3.05, 3.63) is 29.8 Å². The maximum Gasteiger partial charge on any atom is 0.166 e. The lowest BCUT2D eigenvalue weighted by Gasteiger charge is -2.14. The van der Waals surface area contributed by atoms with Gasteiger partial charge in [-0.1, -0.05) is 12.1 Å². The van der Waals surface area contributed by atoms with Gasteiger partial charge in [-0.05, 0) is 57.0 Å². The minimum atomic E-state index is 0.723. The van der Waals surface area contributed by atoms with Crippen LogP contribution in [0.15, 0.2) is 24.3 Å². The highest BCUT2D eigenvalue weighted by atomic mass is 32.1. The molecule has 20 heavy (non-hydrogen) atoms. The van der Waals surface area contributed by atoms with E-state index in [1.807, 2.05) is 14.1 Å². The first-order valence-corrected chi connectivity index (χ1v) is 7.32. The second-order valence-electron chi connectivity index (χ2n) is 5.33. The van der Waals surface area contributed by atoms with Crippen molar-refractivity contribution in [2.75, 3.05) is 46.2 Å². The number of nitrogens with one attached hydrogen (secondary N) is 2. The standard InChI is InChI=1S/C15H26N4S/c1-18(2)11-5-10-16-15(20)17-12-13-6-8-14(9-7-13)19(3)4/h6-9H,5,10-12H2,1-4H3,(H2,16,17,20). The van der Waals surface area contributed by atoms with Crippen molar-refractivity contribution in [2.24, 2.45) is 0 Å². The minimum Gasteiger partial charge on any atom is -0.378 e. The Labute approximate surface area is 128 Å². The molecule has 0 radical (unpaired) electrons. The zero-order valence-electron chi connectivity index (χ0n) is 12.9. The van der Waals surface area contributed by atoms with Crippen LogP contribution in [0, 0.1) is 0 Å². The topological polar surface area (TPSA) is 30.5 Å². The van der Waals surface area contributed by atoms with Crippen molar-refractivity contribution in [1.29, 1.82) is 0 Å². The number of hydrogen-bond acceptors (Lipinski definition) is 3. The van der Waals surface area contributed by atoms with Crippen LogP contribution in [-0.4, -0.2) is 51.3 Å². The SMILES string of the molecule is CN(C)CCCNC(=S)NCc1ccc(N(C)C)cc1. The molecule has 112 valence electrons. The predicted octanol–water partition coefficient (Wildman–Crippen LogP) is 1.67. The van der Waals surface area contributed by atoms with Crippen LogP contribution >= 0.6 is 12.2 Å². The van der Waals surface area contributed by atoms with E-state index in [0.717, 1.165) is 31.2 Å². The summed E-state index contributed by atoms with van der Waals surface area (Å²) in [6.45, 7) is 2.73. The molecule has 0 bridgehead atoms. The third kappa shape index (κ3) is 6.73. The molecular formula is C15H26N4S. The molecule has 0 aromatic heterocycles. The first-order valence-electron chi connectivity index (χ1n) is 6.91. The average molecular weight is 294 g/mol. The number of hydrogen-bond donors (Lipinski definition) is 2. The number of thiocarbonyl (C=S) groups is 1. The molecule has 0 unspecified atom stereocenters. The quantitative estimate of drug-likeness (QED) is 0.590. The maximum atomic E-state index is 5.26. The van der Waals surface area contributed by atoms with E-state index in [9.17, 15) is 0 Å². The van der Waals surface area contributed by atoms with Gasteiger partial charge in [0.05, 0.1) is 0 Å². The number of anilines is 1. The normalized spacial score (nSPS) is 10.4. The maximum absolute atomic E-state index is 5.26. The van der Waals surface area contributed by atoms with E-state index in [-0.39, 0.29) is 0 Å². The van der Waals surface area contributed by atoms with Gasteiger partial charge in [0.25, 0.3) is 0 Å². The third-order valence-electron chi connectivity index (χ3n) is 2.97. The van der Waals surface area contributed by atoms with Gasteiger partial charge in [-0.3, -0.25) is 0 Å². The Morgan fingerprint density at radius 1 is 1.05 bits per heavy atom. The first kappa shape index (κ1) is 16.7. The summed E-state index contributed by atoms with van der Waals surface area (Å²) < 4.78 is 0. The van der Waals surface area contributed by atoms with Crippen LogP contribution in [0.2, 0.25) is 0 Å². The number of benzene rings is 1. The van der Waals surface area contributed by atoms with E-state index >= 15 is 0 Å². The van der Waals surface area contributed by atoms with Gasteiger partial charge in [0.1, 0.15) is 0 Å². The summed E-state index contributed by atoms with van der Waals surface area (Å²) in [6.07, 6.45) is 1.09. The molecule has 1 aromatic carbocycles. The highest BCUT2D eigenvalue weighted by molar-refractivity contribution is 7.80. The van der Waals surface area contributed by atoms with Gasteiger partial charge in [-0.2, -0.15) is 0 Å². The molecular weight excluding hydrogens is 268 g/mol. The predicted molar refractivity (Wildman–Crippen MR) is 91.4 cm³/mol. The summed E-state index contributed by atoms with van der Waals surface area (Å²) in [5.41, 5.74) is 2.44. The molecule has 2 N–H and O–H groups in total. The highest BCUT2D eigenvalue weighted by Crippen LogP contribution is 2.11. The van der Waals surface area contributed by atoms with Crippen molar-refractivity contribution < 1.29 is 0 Å². The summed E-state index contributed by atoms with van der Waals surface area (Å²) in [4.78, 5) is 4.26. The highest BCUT2D eigenvalue weighted by Gasteiger charge is 1.98. The fourth-order valence-electron chi connectivity index (χ4n) is 1.75. The second kappa shape index (κ2) is 8.76. The van der Waals surface area contributed by atoms with E-state index in [0.29, 0.717) is 0 Å². The lowest BCUT2D eigenvalue weighted by atomic mass is 10.2. The van der Waals surface area contributed by atoms with Crippen LogP contribution in [-0.2, 0) is 6.54 Å². The van der Waals surface area contributed by atoms with E-state index in [1.54, 1.807) is 0 Å². The molecule has 0 spiro atoms. The molecule has 0 aliphatic carbocycles. The van der Waals surface area contributed by atoms with Crippen LogP contribution in [0.4, 0.5) is 5.69 Å². The Bertz CT molecular complexity index is 401. The largest absolute Gasteiger partial charge is 0.378 e. The molecule has 0 atom stereocenters. The Balaban J connectivity index is 2.23. The Kier molecular flexibility index (Phi) is 7.33. The van der Waals surface area contributed by atoms with Gasteiger partial charge < -0.3 is 20.4 Å². The minimum absolute atomic E-state index is 0.723. The molecule has 1 rings (SSSR count). The molecule has 0 saturated heterocycles. The van der Waals surface area contributed by atoms with Gasteiger partial charge in [-0.25, -0.2) is 0 Å². The molecule has 1 aromatic rings. The summed E-state index contributed by atoms with van der Waals surface area (Å²) in [7, 11) is 8.24. The summed E-state index contributed by atoms with van der Waals surface area (Å²) in [5, 5.41) is 7.17. The molecule has 4 nitrogen and oxygen atoms in total. The van der Waals surface area contributed by atoms with Gasteiger partial charge >= 0.3 is 0 Å². The van der Waals surface area contributed by atoms with Crippen molar-refractivity contribution in [1.82, 2.24) is 15.5 Å². The molecule has 0 fully saturated rings. The van der Waals surface area contributed by atoms with Gasteiger partial charge in [0.2, 0.25) is 0 Å². The Hall–Kier alpha value is -1.33. The van der Waals surface area contributed by atoms with Gasteiger partial charge in [0.15, 0.2) is 5.11 Å². The Morgan fingerprint density at radius 2 is 1.70 bits per heavy atom. The second-order valence-corrected chi connectivity index (χ2v) is 5.74. The van der Waals surface area contributed by atoms with Crippen molar-refractivity contribution >= 4 is 23.0 Å². The summed E-state index contributed by atoms with van der Waals surface area (Å²) >= 11 is 5.26. The van der Waals surface area contributed by atoms with E-state index in [2.05, 4.69) is 58.8 Å². The van der Waals surface area contributed by atoms with Crippen LogP contribution in [0.25, 0.3) is 0 Å². The summed E-state index contributed by atoms with van der Waals surface area (Å²) in [5.74, 6) is 0. The molecule has 0 heterocycles. The lowest BCUT2D eigenvalue weighted by Crippen LogP contribution is -2.36. The molecule has 0 amide bonds. The summed E-state index contributed by atoms with van der Waals surface area (Å²) in [6, 6.07) is 8.48. The fraction of sp³-hybridized carbons (Fsp3) is 0.533. The van der Waals surface area contributed by atoms with Crippen molar-refractivity contribution in [3.8, 4) is 0 Å². The van der Waals surface area contributed by atoms with Crippen LogP contribution < -0.4 is 15.5 Å². The zero-order valence-corrected chi connectivity index (χ0v) is 13.8. The smallest absolute Gasteiger partial charge is 0.166 e. The Morgan fingerprint density at radius 3 is 2.25 bits per heavy atom. The third-order valence-corrected chi connectivity index (χ3v) is 3.26. The van der Waals surface area contributed by atoms with Crippen LogP contribution in [0.3, 0.4) is 0 Å². The van der Waals surface area contributed by atoms with Gasteiger partial charge in [0, 0.05) is 32.9 Å². The van der Waals surface area contributed by atoms with E-state index < -0.39 is 0 Å². The molecule has 5 heteroatoms. The first-order chi connectivity index (χ1) is 9.49. The zero-order chi connectivity index (χ0) is 15.0.